The van der Waals surface area contributed by atoms with E-state index in [1.807, 2.05) is 41.3 Å². The largest absolute Gasteiger partial charge is 0.467 e. The lowest BCUT2D eigenvalue weighted by Crippen LogP contribution is -2.44. The Balaban J connectivity index is 1.54. The molecule has 0 unspecified atom stereocenters. The number of furan rings is 1. The summed E-state index contributed by atoms with van der Waals surface area (Å²) in [6.45, 7) is 0.171. The van der Waals surface area contributed by atoms with E-state index in [1.54, 1.807) is 6.26 Å². The monoisotopic (exact) mass is 419 g/mol. The van der Waals surface area contributed by atoms with Crippen molar-refractivity contribution in [1.82, 2.24) is 5.32 Å². The van der Waals surface area contributed by atoms with E-state index in [-0.39, 0.29) is 24.3 Å². The number of carbonyl (C=O) groups excluding carboxylic acids is 2. The van der Waals surface area contributed by atoms with Crippen LogP contribution < -0.4 is 15.5 Å². The molecular formula is C25H29N3O3. The van der Waals surface area contributed by atoms with Crippen LogP contribution in [0.3, 0.4) is 0 Å². The van der Waals surface area contributed by atoms with Gasteiger partial charge in [0, 0.05) is 23.7 Å². The Morgan fingerprint density at radius 3 is 2.71 bits per heavy atom. The summed E-state index contributed by atoms with van der Waals surface area (Å²) in [6, 6.07) is 11.5. The summed E-state index contributed by atoms with van der Waals surface area (Å²) in [6.07, 6.45) is 9.47. The lowest BCUT2D eigenvalue weighted by molar-refractivity contribution is -0.121. The molecule has 0 radical (unpaired) electrons. The second kappa shape index (κ2) is 8.61. The van der Waals surface area contributed by atoms with E-state index in [0.29, 0.717) is 12.2 Å². The summed E-state index contributed by atoms with van der Waals surface area (Å²) in [5.74, 6) is 0.804. The molecule has 2 aliphatic carbocycles. The quantitative estimate of drug-likeness (QED) is 0.751. The van der Waals surface area contributed by atoms with Gasteiger partial charge in [0.05, 0.1) is 24.2 Å². The van der Waals surface area contributed by atoms with Gasteiger partial charge in [0.15, 0.2) is 5.78 Å². The van der Waals surface area contributed by atoms with E-state index < -0.39 is 6.04 Å². The summed E-state index contributed by atoms with van der Waals surface area (Å²) < 4.78 is 5.82. The molecule has 1 fully saturated rings. The normalized spacial score (nSPS) is 21.7. The fraction of sp³-hybridized carbons (Fsp3) is 0.440. The molecule has 1 aliphatic heterocycles. The first-order valence-corrected chi connectivity index (χ1v) is 11.4. The van der Waals surface area contributed by atoms with Crippen LogP contribution in [-0.2, 0) is 9.59 Å². The zero-order valence-corrected chi connectivity index (χ0v) is 17.7. The second-order valence-corrected chi connectivity index (χ2v) is 8.76. The molecule has 6 nitrogen and oxygen atoms in total. The van der Waals surface area contributed by atoms with Crippen LogP contribution in [0.1, 0.15) is 63.2 Å². The number of allylic oxidation sites excluding steroid dienone is 1. The number of nitrogens with one attached hydrogen (secondary N) is 2. The van der Waals surface area contributed by atoms with Gasteiger partial charge < -0.3 is 20.0 Å². The molecule has 0 spiro atoms. The topological polar surface area (TPSA) is 74.6 Å². The van der Waals surface area contributed by atoms with Crippen molar-refractivity contribution >= 4 is 23.1 Å². The second-order valence-electron chi connectivity index (χ2n) is 8.76. The van der Waals surface area contributed by atoms with E-state index in [2.05, 4.69) is 10.6 Å². The number of fused-ring (bicyclic) bond motifs is 1. The van der Waals surface area contributed by atoms with Crippen LogP contribution in [0.25, 0.3) is 0 Å². The van der Waals surface area contributed by atoms with Gasteiger partial charge in [0.25, 0.3) is 0 Å². The van der Waals surface area contributed by atoms with E-state index >= 15 is 0 Å². The Hall–Kier alpha value is -3.02. The number of para-hydroxylation sites is 2. The summed E-state index contributed by atoms with van der Waals surface area (Å²) in [5.41, 5.74) is 3.50. The van der Waals surface area contributed by atoms with Crippen molar-refractivity contribution in [2.75, 3.05) is 16.8 Å². The highest BCUT2D eigenvalue weighted by molar-refractivity contribution is 6.01. The van der Waals surface area contributed by atoms with Gasteiger partial charge in [-0.3, -0.25) is 9.59 Å². The number of Topliss-reactive ketones (excluding diaryl/α,β-unsaturated/α-hetero) is 1. The predicted molar refractivity (Wildman–Crippen MR) is 120 cm³/mol. The third-order valence-corrected chi connectivity index (χ3v) is 6.64. The molecular weight excluding hydrogens is 390 g/mol. The summed E-state index contributed by atoms with van der Waals surface area (Å²) in [7, 11) is 0. The fourth-order valence-electron chi connectivity index (χ4n) is 5.19. The van der Waals surface area contributed by atoms with Crippen molar-refractivity contribution < 1.29 is 14.0 Å². The van der Waals surface area contributed by atoms with E-state index in [1.165, 1.54) is 19.3 Å². The Morgan fingerprint density at radius 2 is 1.90 bits per heavy atom. The lowest BCUT2D eigenvalue weighted by Gasteiger charge is -2.34. The third-order valence-electron chi connectivity index (χ3n) is 6.64. The molecule has 0 bridgehead atoms. The van der Waals surface area contributed by atoms with Crippen LogP contribution in [-0.4, -0.2) is 24.3 Å². The average Bonchev–Trinajstić information content (AvgIpc) is 3.26. The van der Waals surface area contributed by atoms with Gasteiger partial charge in [-0.05, 0) is 49.9 Å². The van der Waals surface area contributed by atoms with Gasteiger partial charge in [0.2, 0.25) is 5.91 Å². The summed E-state index contributed by atoms with van der Waals surface area (Å²) in [4.78, 5) is 28.3. The molecule has 31 heavy (non-hydrogen) atoms. The van der Waals surface area contributed by atoms with Crippen LogP contribution in [0, 0.1) is 0 Å². The van der Waals surface area contributed by atoms with Crippen LogP contribution in [0.2, 0.25) is 0 Å². The van der Waals surface area contributed by atoms with Gasteiger partial charge in [0.1, 0.15) is 11.8 Å². The van der Waals surface area contributed by atoms with Crippen molar-refractivity contribution in [3.05, 3.63) is 59.7 Å². The first-order chi connectivity index (χ1) is 15.2. The highest BCUT2D eigenvalue weighted by Gasteiger charge is 2.39. The number of hydrogen-bond acceptors (Lipinski definition) is 5. The van der Waals surface area contributed by atoms with Crippen LogP contribution in [0.4, 0.5) is 11.4 Å². The molecule has 2 heterocycles. The van der Waals surface area contributed by atoms with Crippen molar-refractivity contribution in [3.8, 4) is 0 Å². The van der Waals surface area contributed by atoms with Gasteiger partial charge >= 0.3 is 0 Å². The van der Waals surface area contributed by atoms with Crippen LogP contribution in [0.5, 0.6) is 0 Å². The highest BCUT2D eigenvalue weighted by Crippen LogP contribution is 2.44. The van der Waals surface area contributed by atoms with E-state index in [0.717, 1.165) is 48.3 Å². The van der Waals surface area contributed by atoms with Crippen LogP contribution >= 0.6 is 0 Å². The van der Waals surface area contributed by atoms with Gasteiger partial charge in [-0.2, -0.15) is 0 Å². The van der Waals surface area contributed by atoms with Crippen molar-refractivity contribution in [3.63, 3.8) is 0 Å². The zero-order chi connectivity index (χ0) is 21.2. The Morgan fingerprint density at radius 1 is 1.06 bits per heavy atom. The molecule has 1 atom stereocenters. The predicted octanol–water partition coefficient (Wildman–Crippen LogP) is 4.71. The molecule has 0 saturated heterocycles. The van der Waals surface area contributed by atoms with Gasteiger partial charge in [-0.1, -0.05) is 31.4 Å². The van der Waals surface area contributed by atoms with E-state index in [4.69, 9.17) is 4.42 Å². The molecule has 1 aromatic heterocycles. The minimum Gasteiger partial charge on any atom is -0.467 e. The Kier molecular flexibility index (Phi) is 5.53. The molecule has 162 valence electrons. The number of carbonyl (C=O) groups is 2. The highest BCUT2D eigenvalue weighted by atomic mass is 16.3. The van der Waals surface area contributed by atoms with Crippen molar-refractivity contribution in [2.24, 2.45) is 0 Å². The molecule has 3 aliphatic rings. The minimum atomic E-state index is -0.425. The number of hydrogen-bond donors (Lipinski definition) is 2. The Labute approximate surface area is 182 Å². The van der Waals surface area contributed by atoms with Crippen LogP contribution in [0.15, 0.2) is 58.3 Å². The first kappa shape index (κ1) is 19.9. The molecule has 5 rings (SSSR count). The molecule has 6 heteroatoms. The average molecular weight is 420 g/mol. The maximum Gasteiger partial charge on any atom is 0.239 e. The molecule has 2 N–H and O–H groups in total. The summed E-state index contributed by atoms with van der Waals surface area (Å²) in [5, 5.41) is 6.75. The Bertz CT molecular complexity index is 989. The number of amides is 1. The number of anilines is 2. The van der Waals surface area contributed by atoms with Gasteiger partial charge in [-0.15, -0.1) is 0 Å². The standard InChI is InChI=1S/C25H29N3O3/c29-21-13-6-11-19-24(21)25(22-14-7-15-31-22)28(20-12-5-4-10-18(20)27-19)16-23(30)26-17-8-2-1-3-9-17/h4-5,7,10,12,14-15,17,25,27H,1-3,6,8-9,11,13,16H2,(H,26,30)/t25-/m0/s1. The maximum atomic E-state index is 13.2. The smallest absolute Gasteiger partial charge is 0.239 e. The zero-order valence-electron chi connectivity index (χ0n) is 17.7. The first-order valence-electron chi connectivity index (χ1n) is 11.4. The van der Waals surface area contributed by atoms with E-state index in [9.17, 15) is 9.59 Å². The SMILES string of the molecule is O=C(CN1c2ccccc2NC2=C(C(=O)CCC2)[C@@H]1c1ccco1)NC1CCCCC1. The number of nitrogens with zero attached hydrogens (tertiary/aromatic N) is 1. The van der Waals surface area contributed by atoms with Crippen molar-refractivity contribution in [2.45, 2.75) is 63.5 Å². The summed E-state index contributed by atoms with van der Waals surface area (Å²) >= 11 is 0. The number of ketones is 1. The molecule has 2 aromatic rings. The maximum absolute atomic E-state index is 13.2. The lowest BCUT2D eigenvalue weighted by atomic mass is 9.88. The fourth-order valence-corrected chi connectivity index (χ4v) is 5.19. The van der Waals surface area contributed by atoms with Crippen molar-refractivity contribution in [1.29, 1.82) is 0 Å². The number of benzene rings is 1. The molecule has 1 saturated carbocycles. The van der Waals surface area contributed by atoms with Gasteiger partial charge in [-0.25, -0.2) is 0 Å². The molecule has 1 amide bonds. The third kappa shape index (κ3) is 3.99. The minimum absolute atomic E-state index is 0.00873. The number of rotatable bonds is 4. The molecule has 1 aromatic carbocycles.